The lowest BCUT2D eigenvalue weighted by Crippen LogP contribution is -2.13. The highest BCUT2D eigenvalue weighted by Gasteiger charge is 1.92. The third kappa shape index (κ3) is 16.1. The molecule has 108 valence electrons. The van der Waals surface area contributed by atoms with Gasteiger partial charge in [-0.15, -0.1) is 0 Å². The van der Waals surface area contributed by atoms with Crippen LogP contribution in [0.1, 0.15) is 0 Å². The minimum atomic E-state index is 0.532. The SMILES string of the molecule is C=COCCOCCOCCOCCOCCI. The second-order valence-electron chi connectivity index (χ2n) is 3.18. The Morgan fingerprint density at radius 2 is 1.06 bits per heavy atom. The third-order valence-corrected chi connectivity index (χ3v) is 2.24. The van der Waals surface area contributed by atoms with Crippen molar-refractivity contribution in [2.24, 2.45) is 0 Å². The minimum Gasteiger partial charge on any atom is -0.499 e. The molecule has 5 nitrogen and oxygen atoms in total. The summed E-state index contributed by atoms with van der Waals surface area (Å²) in [6.07, 6.45) is 1.40. The summed E-state index contributed by atoms with van der Waals surface area (Å²) in [4.78, 5) is 0. The molecule has 0 fully saturated rings. The molecule has 0 aromatic rings. The van der Waals surface area contributed by atoms with Crippen LogP contribution in [0.3, 0.4) is 0 Å². The molecule has 0 bridgehead atoms. The van der Waals surface area contributed by atoms with Gasteiger partial charge >= 0.3 is 0 Å². The topological polar surface area (TPSA) is 46.2 Å². The van der Waals surface area contributed by atoms with E-state index in [0.29, 0.717) is 52.9 Å². The van der Waals surface area contributed by atoms with Crippen molar-refractivity contribution in [2.75, 3.05) is 63.9 Å². The number of rotatable bonds is 15. The lowest BCUT2D eigenvalue weighted by molar-refractivity contribution is -0.00473. The summed E-state index contributed by atoms with van der Waals surface area (Å²) in [5.74, 6) is 0. The van der Waals surface area contributed by atoms with Crippen molar-refractivity contribution < 1.29 is 23.7 Å². The fourth-order valence-electron chi connectivity index (χ4n) is 1.01. The molecule has 0 aromatic carbocycles. The molecule has 0 aromatic heterocycles. The van der Waals surface area contributed by atoms with E-state index in [2.05, 4.69) is 29.2 Å². The third-order valence-electron chi connectivity index (χ3n) is 1.80. The van der Waals surface area contributed by atoms with Gasteiger partial charge in [-0.3, -0.25) is 0 Å². The molecule has 6 heteroatoms. The number of hydrogen-bond acceptors (Lipinski definition) is 5. The Kier molecular flexibility index (Phi) is 17.2. The molecule has 0 aliphatic heterocycles. The van der Waals surface area contributed by atoms with Crippen LogP contribution in [-0.4, -0.2) is 63.9 Å². The van der Waals surface area contributed by atoms with Crippen LogP contribution in [0.5, 0.6) is 0 Å². The van der Waals surface area contributed by atoms with Gasteiger partial charge in [0.1, 0.15) is 6.61 Å². The van der Waals surface area contributed by atoms with Gasteiger partial charge < -0.3 is 23.7 Å². The summed E-state index contributed by atoms with van der Waals surface area (Å²) in [7, 11) is 0. The van der Waals surface area contributed by atoms with Crippen molar-refractivity contribution in [3.8, 4) is 0 Å². The van der Waals surface area contributed by atoms with E-state index in [4.69, 9.17) is 23.7 Å². The standard InChI is InChI=1S/C12H23IO5/c1-2-14-5-6-16-9-10-18-12-11-17-8-7-15-4-3-13/h2H,1,3-12H2. The predicted molar refractivity (Wildman–Crippen MR) is 78.3 cm³/mol. The van der Waals surface area contributed by atoms with Crippen molar-refractivity contribution in [2.45, 2.75) is 0 Å². The molecule has 0 aliphatic rings. The fourth-order valence-corrected chi connectivity index (χ4v) is 1.32. The molecule has 0 atom stereocenters. The van der Waals surface area contributed by atoms with Gasteiger partial charge in [-0.2, -0.15) is 0 Å². The number of alkyl halides is 1. The summed E-state index contributed by atoms with van der Waals surface area (Å²) in [5.41, 5.74) is 0. The largest absolute Gasteiger partial charge is 0.499 e. The van der Waals surface area contributed by atoms with E-state index in [1.807, 2.05) is 0 Å². The van der Waals surface area contributed by atoms with Gasteiger partial charge in [-0.25, -0.2) is 0 Å². The quantitative estimate of drug-likeness (QED) is 0.189. The molecule has 0 saturated heterocycles. The first kappa shape index (κ1) is 18.1. The maximum atomic E-state index is 5.32. The smallest absolute Gasteiger partial charge is 0.111 e. The lowest BCUT2D eigenvalue weighted by atomic mass is 10.7. The van der Waals surface area contributed by atoms with Crippen LogP contribution in [0, 0.1) is 0 Å². The summed E-state index contributed by atoms with van der Waals surface area (Å²) < 4.78 is 27.1. The van der Waals surface area contributed by atoms with Gasteiger partial charge in [0.15, 0.2) is 0 Å². The minimum absolute atomic E-state index is 0.532. The maximum Gasteiger partial charge on any atom is 0.111 e. The molecule has 18 heavy (non-hydrogen) atoms. The monoisotopic (exact) mass is 374 g/mol. The Balaban J connectivity index is 2.88. The predicted octanol–water partition coefficient (Wildman–Crippen LogP) is 1.65. The average Bonchev–Trinajstić information content (AvgIpc) is 2.39. The van der Waals surface area contributed by atoms with Gasteiger partial charge in [0.25, 0.3) is 0 Å². The Hall–Kier alpha value is 0.110. The lowest BCUT2D eigenvalue weighted by Gasteiger charge is -2.07. The Bertz CT molecular complexity index is 169. The van der Waals surface area contributed by atoms with Crippen LogP contribution >= 0.6 is 22.6 Å². The van der Waals surface area contributed by atoms with E-state index in [9.17, 15) is 0 Å². The van der Waals surface area contributed by atoms with Gasteiger partial charge in [0, 0.05) is 4.43 Å². The molecule has 0 N–H and O–H groups in total. The van der Waals surface area contributed by atoms with Crippen LogP contribution in [0.15, 0.2) is 12.8 Å². The number of hydrogen-bond donors (Lipinski definition) is 0. The first-order chi connectivity index (χ1) is 8.91. The maximum absolute atomic E-state index is 5.32. The second kappa shape index (κ2) is 17.1. The summed E-state index contributed by atoms with van der Waals surface area (Å²) in [6.45, 7) is 8.89. The number of ether oxygens (including phenoxy) is 5. The van der Waals surface area contributed by atoms with Gasteiger partial charge in [-0.05, 0) is 0 Å². The summed E-state index contributed by atoms with van der Waals surface area (Å²) in [5, 5.41) is 0. The van der Waals surface area contributed by atoms with Crippen LogP contribution in [0.2, 0.25) is 0 Å². The Labute approximate surface area is 123 Å². The average molecular weight is 374 g/mol. The van der Waals surface area contributed by atoms with Crippen molar-refractivity contribution in [1.82, 2.24) is 0 Å². The van der Waals surface area contributed by atoms with E-state index in [1.54, 1.807) is 0 Å². The highest BCUT2D eigenvalue weighted by atomic mass is 127. The van der Waals surface area contributed by atoms with Crippen LogP contribution in [-0.2, 0) is 23.7 Å². The first-order valence-corrected chi connectivity index (χ1v) is 7.53. The second-order valence-corrected chi connectivity index (χ2v) is 4.25. The van der Waals surface area contributed by atoms with Crippen LogP contribution in [0.4, 0.5) is 0 Å². The highest BCUT2D eigenvalue weighted by molar-refractivity contribution is 14.1. The Morgan fingerprint density at radius 3 is 1.44 bits per heavy atom. The summed E-state index contributed by atoms with van der Waals surface area (Å²) >= 11 is 2.27. The van der Waals surface area contributed by atoms with Gasteiger partial charge in [0.2, 0.25) is 0 Å². The van der Waals surface area contributed by atoms with Crippen molar-refractivity contribution in [1.29, 1.82) is 0 Å². The molecular formula is C12H23IO5. The van der Waals surface area contributed by atoms with E-state index in [0.717, 1.165) is 11.0 Å². The van der Waals surface area contributed by atoms with E-state index in [1.165, 1.54) is 6.26 Å². The number of halogens is 1. The van der Waals surface area contributed by atoms with Crippen molar-refractivity contribution in [3.05, 3.63) is 12.8 Å². The van der Waals surface area contributed by atoms with Crippen LogP contribution < -0.4 is 0 Å². The normalized spacial score (nSPS) is 10.5. The molecule has 0 aliphatic carbocycles. The molecular weight excluding hydrogens is 351 g/mol. The molecule has 0 spiro atoms. The zero-order valence-corrected chi connectivity index (χ0v) is 12.9. The zero-order chi connectivity index (χ0) is 13.3. The van der Waals surface area contributed by atoms with Crippen LogP contribution in [0.25, 0.3) is 0 Å². The summed E-state index contributed by atoms with van der Waals surface area (Å²) in [6, 6.07) is 0. The van der Waals surface area contributed by atoms with E-state index >= 15 is 0 Å². The molecule has 0 amide bonds. The van der Waals surface area contributed by atoms with Gasteiger partial charge in [-0.1, -0.05) is 29.2 Å². The van der Waals surface area contributed by atoms with Gasteiger partial charge in [0.05, 0.1) is 59.1 Å². The molecule has 0 heterocycles. The Morgan fingerprint density at radius 1 is 0.667 bits per heavy atom. The van der Waals surface area contributed by atoms with E-state index in [-0.39, 0.29) is 0 Å². The zero-order valence-electron chi connectivity index (χ0n) is 10.8. The first-order valence-electron chi connectivity index (χ1n) is 6.01. The van der Waals surface area contributed by atoms with Crippen molar-refractivity contribution >= 4 is 22.6 Å². The van der Waals surface area contributed by atoms with Crippen molar-refractivity contribution in [3.63, 3.8) is 0 Å². The highest BCUT2D eigenvalue weighted by Crippen LogP contribution is 1.85. The fraction of sp³-hybridized carbons (Fsp3) is 0.833. The van der Waals surface area contributed by atoms with E-state index < -0.39 is 0 Å². The molecule has 0 unspecified atom stereocenters. The molecule has 0 saturated carbocycles. The molecule has 0 radical (unpaired) electrons. The molecule has 0 rings (SSSR count).